The molecular formula is C15H22N2O4. The molecule has 2 heterocycles. The van der Waals surface area contributed by atoms with Gasteiger partial charge < -0.3 is 14.9 Å². The average Bonchev–Trinajstić information content (AvgIpc) is 2.99. The summed E-state index contributed by atoms with van der Waals surface area (Å²) in [7, 11) is 0. The third-order valence-electron chi connectivity index (χ3n) is 4.80. The summed E-state index contributed by atoms with van der Waals surface area (Å²) in [5.41, 5.74) is 0. The number of aliphatic carboxylic acids is 1. The van der Waals surface area contributed by atoms with E-state index >= 15 is 0 Å². The molecule has 0 aromatic carbocycles. The molecule has 3 fully saturated rings. The molecule has 1 aliphatic carbocycles. The van der Waals surface area contributed by atoms with Crippen molar-refractivity contribution in [3.05, 3.63) is 0 Å². The first-order chi connectivity index (χ1) is 10.0. The monoisotopic (exact) mass is 294 g/mol. The molecule has 3 aliphatic rings. The van der Waals surface area contributed by atoms with E-state index in [1.807, 2.05) is 4.90 Å². The highest BCUT2D eigenvalue weighted by atomic mass is 16.4. The van der Waals surface area contributed by atoms with Crippen LogP contribution in [0.1, 0.15) is 32.1 Å². The highest BCUT2D eigenvalue weighted by Gasteiger charge is 2.40. The summed E-state index contributed by atoms with van der Waals surface area (Å²) in [6.07, 6.45) is 3.61. The fourth-order valence-electron chi connectivity index (χ4n) is 3.43. The fraction of sp³-hybridized carbons (Fsp3) is 0.800. The van der Waals surface area contributed by atoms with Gasteiger partial charge in [-0.2, -0.15) is 0 Å². The minimum Gasteiger partial charge on any atom is -0.481 e. The number of carbonyl (C=O) groups excluding carboxylic acids is 2. The zero-order valence-electron chi connectivity index (χ0n) is 12.2. The van der Waals surface area contributed by atoms with Crippen molar-refractivity contribution in [3.8, 4) is 0 Å². The van der Waals surface area contributed by atoms with E-state index in [4.69, 9.17) is 5.11 Å². The summed E-state index contributed by atoms with van der Waals surface area (Å²) in [6, 6.07) is 0. The SMILES string of the molecule is O=C(O)CC1CCN(C(=O)C2CC(=O)N(CC3CC3)C2)C1. The standard InChI is InChI=1S/C15H22N2O4/c18-13-6-12(9-17(13)7-10-1-2-10)15(21)16-4-3-11(8-16)5-14(19)20/h10-12H,1-9H2,(H,19,20). The molecule has 2 saturated heterocycles. The Morgan fingerprint density at radius 1 is 1.14 bits per heavy atom. The van der Waals surface area contributed by atoms with Gasteiger partial charge in [0, 0.05) is 39.0 Å². The number of hydrogen-bond donors (Lipinski definition) is 1. The minimum absolute atomic E-state index is 0.0366. The first-order valence-corrected chi connectivity index (χ1v) is 7.81. The van der Waals surface area contributed by atoms with E-state index in [1.54, 1.807) is 4.90 Å². The summed E-state index contributed by atoms with van der Waals surface area (Å²) in [6.45, 7) is 2.51. The Labute approximate surface area is 124 Å². The number of nitrogens with zero attached hydrogens (tertiary/aromatic N) is 2. The molecular weight excluding hydrogens is 272 g/mol. The lowest BCUT2D eigenvalue weighted by Gasteiger charge is -2.21. The first-order valence-electron chi connectivity index (χ1n) is 7.81. The van der Waals surface area contributed by atoms with Gasteiger partial charge in [-0.1, -0.05) is 0 Å². The Morgan fingerprint density at radius 3 is 2.57 bits per heavy atom. The third kappa shape index (κ3) is 3.36. The maximum atomic E-state index is 12.5. The highest BCUT2D eigenvalue weighted by Crippen LogP contribution is 2.32. The molecule has 0 bridgehead atoms. The molecule has 6 heteroatoms. The molecule has 2 aliphatic heterocycles. The van der Waals surface area contributed by atoms with Gasteiger partial charge in [-0.15, -0.1) is 0 Å². The molecule has 1 N–H and O–H groups in total. The molecule has 0 radical (unpaired) electrons. The molecule has 21 heavy (non-hydrogen) atoms. The number of rotatable bonds is 5. The lowest BCUT2D eigenvalue weighted by Crippen LogP contribution is -2.36. The Bertz CT molecular complexity index is 461. The molecule has 0 aromatic heterocycles. The van der Waals surface area contributed by atoms with Gasteiger partial charge in [0.25, 0.3) is 0 Å². The van der Waals surface area contributed by atoms with Crippen molar-refractivity contribution in [2.24, 2.45) is 17.8 Å². The van der Waals surface area contributed by atoms with Crippen LogP contribution in [-0.2, 0) is 14.4 Å². The van der Waals surface area contributed by atoms with Crippen molar-refractivity contribution in [1.82, 2.24) is 9.80 Å². The summed E-state index contributed by atoms with van der Waals surface area (Å²) in [5.74, 6) is -0.183. The second kappa shape index (κ2) is 5.66. The van der Waals surface area contributed by atoms with Gasteiger partial charge in [0.15, 0.2) is 0 Å². The van der Waals surface area contributed by atoms with Crippen molar-refractivity contribution >= 4 is 17.8 Å². The summed E-state index contributed by atoms with van der Waals surface area (Å²) in [5, 5.41) is 8.81. The fourth-order valence-corrected chi connectivity index (χ4v) is 3.43. The van der Waals surface area contributed by atoms with Crippen LogP contribution in [0.5, 0.6) is 0 Å². The number of likely N-dealkylation sites (tertiary alicyclic amines) is 2. The number of carboxylic acid groups (broad SMARTS) is 1. The smallest absolute Gasteiger partial charge is 0.303 e. The lowest BCUT2D eigenvalue weighted by atomic mass is 10.1. The van der Waals surface area contributed by atoms with Crippen LogP contribution in [0, 0.1) is 17.8 Å². The van der Waals surface area contributed by atoms with E-state index in [-0.39, 0.29) is 30.1 Å². The second-order valence-electron chi connectivity index (χ2n) is 6.68. The van der Waals surface area contributed by atoms with E-state index < -0.39 is 5.97 Å². The van der Waals surface area contributed by atoms with Crippen LogP contribution in [0.4, 0.5) is 0 Å². The van der Waals surface area contributed by atoms with Gasteiger partial charge in [0.05, 0.1) is 5.92 Å². The van der Waals surface area contributed by atoms with Crippen molar-refractivity contribution < 1.29 is 19.5 Å². The summed E-state index contributed by atoms with van der Waals surface area (Å²) in [4.78, 5) is 38.7. The highest BCUT2D eigenvalue weighted by molar-refractivity contribution is 5.89. The molecule has 0 spiro atoms. The van der Waals surface area contributed by atoms with E-state index in [0.29, 0.717) is 32.0 Å². The summed E-state index contributed by atoms with van der Waals surface area (Å²) < 4.78 is 0. The Kier molecular flexibility index (Phi) is 3.87. The molecule has 3 rings (SSSR count). The van der Waals surface area contributed by atoms with Gasteiger partial charge in [-0.05, 0) is 31.1 Å². The van der Waals surface area contributed by atoms with Crippen LogP contribution >= 0.6 is 0 Å². The van der Waals surface area contributed by atoms with Gasteiger partial charge in [0.2, 0.25) is 11.8 Å². The van der Waals surface area contributed by atoms with Crippen LogP contribution in [-0.4, -0.2) is 58.9 Å². The van der Waals surface area contributed by atoms with Crippen molar-refractivity contribution in [2.45, 2.75) is 32.1 Å². The quantitative estimate of drug-likeness (QED) is 0.804. The lowest BCUT2D eigenvalue weighted by molar-refractivity contribution is -0.139. The Hall–Kier alpha value is -1.59. The molecule has 1 saturated carbocycles. The number of carboxylic acids is 1. The topological polar surface area (TPSA) is 77.9 Å². The van der Waals surface area contributed by atoms with Crippen molar-refractivity contribution in [1.29, 1.82) is 0 Å². The summed E-state index contributed by atoms with van der Waals surface area (Å²) >= 11 is 0. The molecule has 2 unspecified atom stereocenters. The zero-order valence-corrected chi connectivity index (χ0v) is 12.2. The average molecular weight is 294 g/mol. The van der Waals surface area contributed by atoms with Gasteiger partial charge in [-0.25, -0.2) is 0 Å². The van der Waals surface area contributed by atoms with Crippen LogP contribution in [0.3, 0.4) is 0 Å². The van der Waals surface area contributed by atoms with Crippen LogP contribution in [0.2, 0.25) is 0 Å². The maximum Gasteiger partial charge on any atom is 0.303 e. The predicted octanol–water partition coefficient (Wildman–Crippen LogP) is 0.568. The van der Waals surface area contributed by atoms with Crippen LogP contribution in [0.25, 0.3) is 0 Å². The third-order valence-corrected chi connectivity index (χ3v) is 4.80. The van der Waals surface area contributed by atoms with Crippen molar-refractivity contribution in [2.75, 3.05) is 26.2 Å². The normalized spacial score (nSPS) is 29.2. The van der Waals surface area contributed by atoms with Crippen molar-refractivity contribution in [3.63, 3.8) is 0 Å². The van der Waals surface area contributed by atoms with Crippen LogP contribution < -0.4 is 0 Å². The van der Waals surface area contributed by atoms with Gasteiger partial charge >= 0.3 is 5.97 Å². The van der Waals surface area contributed by atoms with Gasteiger partial charge in [-0.3, -0.25) is 14.4 Å². The van der Waals surface area contributed by atoms with Gasteiger partial charge in [0.1, 0.15) is 0 Å². The van der Waals surface area contributed by atoms with E-state index in [2.05, 4.69) is 0 Å². The largest absolute Gasteiger partial charge is 0.481 e. The Balaban J connectivity index is 1.51. The minimum atomic E-state index is -0.805. The maximum absolute atomic E-state index is 12.5. The molecule has 6 nitrogen and oxygen atoms in total. The van der Waals surface area contributed by atoms with E-state index in [9.17, 15) is 14.4 Å². The molecule has 116 valence electrons. The Morgan fingerprint density at radius 2 is 1.90 bits per heavy atom. The molecule has 2 atom stereocenters. The van der Waals surface area contributed by atoms with Crippen LogP contribution in [0.15, 0.2) is 0 Å². The molecule has 0 aromatic rings. The number of amides is 2. The van der Waals surface area contributed by atoms with E-state index in [0.717, 1.165) is 13.0 Å². The number of hydrogen-bond acceptors (Lipinski definition) is 3. The number of carbonyl (C=O) groups is 3. The second-order valence-corrected chi connectivity index (χ2v) is 6.68. The first kappa shape index (κ1) is 14.4. The zero-order chi connectivity index (χ0) is 15.0. The van der Waals surface area contributed by atoms with E-state index in [1.165, 1.54) is 12.8 Å². The predicted molar refractivity (Wildman–Crippen MR) is 74.4 cm³/mol. The molecule has 2 amide bonds.